The van der Waals surface area contributed by atoms with E-state index in [1.165, 1.54) is 15.5 Å². The molecule has 96 valence electrons. The highest BCUT2D eigenvalue weighted by molar-refractivity contribution is 7.14. The van der Waals surface area contributed by atoms with Crippen LogP contribution in [0.2, 0.25) is 0 Å². The van der Waals surface area contributed by atoms with Gasteiger partial charge in [0.05, 0.1) is 10.1 Å². The Morgan fingerprint density at radius 3 is 2.94 bits per heavy atom. The molecule has 0 saturated carbocycles. The number of nitrogens with zero attached hydrogens (tertiary/aromatic N) is 1. The Kier molecular flexibility index (Phi) is 3.81. The van der Waals surface area contributed by atoms with Crippen molar-refractivity contribution in [3.05, 3.63) is 34.1 Å². The molecule has 0 aliphatic rings. The summed E-state index contributed by atoms with van der Waals surface area (Å²) < 4.78 is 2.04. The van der Waals surface area contributed by atoms with Gasteiger partial charge in [-0.25, -0.2) is 4.79 Å². The van der Waals surface area contributed by atoms with Gasteiger partial charge in [0.1, 0.15) is 0 Å². The topological polar surface area (TPSA) is 51.1 Å². The van der Waals surface area contributed by atoms with E-state index in [-0.39, 0.29) is 11.6 Å². The van der Waals surface area contributed by atoms with Gasteiger partial charge in [0.2, 0.25) is 0 Å². The molecule has 0 aliphatic carbocycles. The predicted octanol–water partition coefficient (Wildman–Crippen LogP) is 2.73. The number of amides is 1. The van der Waals surface area contributed by atoms with E-state index < -0.39 is 0 Å². The molecule has 0 radical (unpaired) electrons. The number of hydrogen-bond acceptors (Lipinski definition) is 3. The minimum absolute atomic E-state index is 0.229. The van der Waals surface area contributed by atoms with E-state index >= 15 is 0 Å². The first-order chi connectivity index (χ1) is 8.63. The van der Waals surface area contributed by atoms with Gasteiger partial charge in [-0.3, -0.25) is 4.79 Å². The van der Waals surface area contributed by atoms with Crippen LogP contribution in [0.15, 0.2) is 23.0 Å². The van der Waals surface area contributed by atoms with Crippen molar-refractivity contribution in [3.8, 4) is 0 Å². The van der Waals surface area contributed by atoms with E-state index in [4.69, 9.17) is 0 Å². The molecule has 1 N–H and O–H groups in total. The van der Waals surface area contributed by atoms with Gasteiger partial charge in [-0.15, -0.1) is 0 Å². The second-order valence-corrected chi connectivity index (χ2v) is 5.26. The number of carbonyl (C=O) groups excluding carboxylic acids is 1. The van der Waals surface area contributed by atoms with Crippen LogP contribution in [0, 0.1) is 6.92 Å². The van der Waals surface area contributed by atoms with Crippen molar-refractivity contribution in [1.29, 1.82) is 0 Å². The van der Waals surface area contributed by atoms with Gasteiger partial charge in [-0.2, -0.15) is 3.96 Å². The molecule has 0 aliphatic heterocycles. The number of unbranched alkanes of at least 4 members (excludes halogenated alkanes) is 1. The summed E-state index contributed by atoms with van der Waals surface area (Å²) in [5.74, 6) is 0. The third kappa shape index (κ3) is 2.46. The summed E-state index contributed by atoms with van der Waals surface area (Å²) in [6, 6.07) is 5.32. The lowest BCUT2D eigenvalue weighted by Gasteiger charge is -2.01. The molecule has 4 nitrogen and oxygen atoms in total. The van der Waals surface area contributed by atoms with Crippen molar-refractivity contribution < 1.29 is 4.79 Å². The van der Waals surface area contributed by atoms with Crippen LogP contribution in [-0.4, -0.2) is 16.5 Å². The van der Waals surface area contributed by atoms with Crippen LogP contribution >= 0.6 is 11.5 Å². The molecule has 1 heterocycles. The summed E-state index contributed by atoms with van der Waals surface area (Å²) in [5.41, 5.74) is 0.795. The molecule has 0 atom stereocenters. The molecule has 0 saturated heterocycles. The first kappa shape index (κ1) is 12.8. The fourth-order valence-electron chi connectivity index (χ4n) is 1.72. The van der Waals surface area contributed by atoms with Crippen LogP contribution in [0.1, 0.15) is 25.3 Å². The van der Waals surface area contributed by atoms with Crippen molar-refractivity contribution in [3.63, 3.8) is 0 Å². The number of carbonyl (C=O) groups is 1. The molecular weight excluding hydrogens is 248 g/mol. The molecule has 0 spiro atoms. The number of nitrogens with one attached hydrogen (secondary N) is 1. The summed E-state index contributed by atoms with van der Waals surface area (Å²) in [6.45, 7) is 4.60. The number of aromatic nitrogens is 1. The third-order valence-electron chi connectivity index (χ3n) is 2.73. The number of fused-ring (bicyclic) bond motifs is 1. The minimum Gasteiger partial charge on any atom is -0.337 e. The standard InChI is InChI=1S/C13H16N2O2S/c1-3-4-7-14-13(17)15-12(16)10-8-9(2)5-6-11(10)18-15/h5-6,8H,3-4,7H2,1-2H3,(H,14,17). The molecule has 0 fully saturated rings. The normalized spacial score (nSPS) is 10.8. The zero-order chi connectivity index (χ0) is 13.1. The molecule has 2 rings (SSSR count). The first-order valence-corrected chi connectivity index (χ1v) is 6.81. The average molecular weight is 264 g/mol. The molecule has 18 heavy (non-hydrogen) atoms. The number of hydrogen-bond donors (Lipinski definition) is 1. The maximum absolute atomic E-state index is 12.1. The number of aryl methyl sites for hydroxylation is 1. The third-order valence-corrected chi connectivity index (χ3v) is 3.80. The Balaban J connectivity index is 2.31. The number of benzene rings is 1. The highest BCUT2D eigenvalue weighted by Gasteiger charge is 2.13. The molecular formula is C13H16N2O2S. The smallest absolute Gasteiger partial charge is 0.337 e. The summed E-state index contributed by atoms with van der Waals surface area (Å²) in [6.07, 6.45) is 1.94. The number of rotatable bonds is 3. The van der Waals surface area contributed by atoms with E-state index in [0.717, 1.165) is 23.1 Å². The Labute approximate surface area is 109 Å². The van der Waals surface area contributed by atoms with Gasteiger partial charge >= 0.3 is 6.03 Å². The highest BCUT2D eigenvalue weighted by Crippen LogP contribution is 2.17. The van der Waals surface area contributed by atoms with Gasteiger partial charge < -0.3 is 5.32 Å². The Hall–Kier alpha value is -1.62. The largest absolute Gasteiger partial charge is 0.338 e. The summed E-state index contributed by atoms with van der Waals surface area (Å²) >= 11 is 1.19. The van der Waals surface area contributed by atoms with Crippen LogP contribution < -0.4 is 10.9 Å². The maximum Gasteiger partial charge on any atom is 0.338 e. The van der Waals surface area contributed by atoms with Crippen molar-refractivity contribution in [2.45, 2.75) is 26.7 Å². The van der Waals surface area contributed by atoms with Gasteiger partial charge in [0.25, 0.3) is 5.56 Å². The fraction of sp³-hybridized carbons (Fsp3) is 0.385. The molecule has 1 aromatic carbocycles. The highest BCUT2D eigenvalue weighted by atomic mass is 32.1. The van der Waals surface area contributed by atoms with Crippen LogP contribution in [-0.2, 0) is 0 Å². The summed E-state index contributed by atoms with van der Waals surface area (Å²) in [4.78, 5) is 23.9. The quantitative estimate of drug-likeness (QED) is 0.867. The molecule has 0 bridgehead atoms. The van der Waals surface area contributed by atoms with Gasteiger partial charge in [0.15, 0.2) is 0 Å². The first-order valence-electron chi connectivity index (χ1n) is 6.04. The lowest BCUT2D eigenvalue weighted by Crippen LogP contribution is -2.33. The zero-order valence-electron chi connectivity index (χ0n) is 10.5. The van der Waals surface area contributed by atoms with Gasteiger partial charge in [-0.05, 0) is 37.0 Å². The second-order valence-electron chi connectivity index (χ2n) is 4.28. The monoisotopic (exact) mass is 264 g/mol. The molecule has 0 unspecified atom stereocenters. The molecule has 1 aromatic heterocycles. The van der Waals surface area contributed by atoms with E-state index in [2.05, 4.69) is 12.2 Å². The Morgan fingerprint density at radius 2 is 2.22 bits per heavy atom. The van der Waals surface area contributed by atoms with Gasteiger partial charge in [-0.1, -0.05) is 25.0 Å². The lowest BCUT2D eigenvalue weighted by molar-refractivity contribution is 0.244. The van der Waals surface area contributed by atoms with E-state index in [9.17, 15) is 9.59 Å². The van der Waals surface area contributed by atoms with E-state index in [1.54, 1.807) is 0 Å². The van der Waals surface area contributed by atoms with Crippen LogP contribution in [0.25, 0.3) is 10.1 Å². The van der Waals surface area contributed by atoms with Crippen LogP contribution in [0.3, 0.4) is 0 Å². The van der Waals surface area contributed by atoms with Crippen molar-refractivity contribution in [2.24, 2.45) is 0 Å². The second kappa shape index (κ2) is 5.35. The summed E-state index contributed by atoms with van der Waals surface area (Å²) in [7, 11) is 0. The maximum atomic E-state index is 12.1. The zero-order valence-corrected chi connectivity index (χ0v) is 11.3. The molecule has 2 aromatic rings. The van der Waals surface area contributed by atoms with Crippen LogP contribution in [0.5, 0.6) is 0 Å². The Morgan fingerprint density at radius 1 is 1.44 bits per heavy atom. The Bertz CT molecular complexity index is 627. The van der Waals surface area contributed by atoms with Crippen LogP contribution in [0.4, 0.5) is 4.79 Å². The predicted molar refractivity (Wildman–Crippen MR) is 74.5 cm³/mol. The lowest BCUT2D eigenvalue weighted by atomic mass is 10.2. The molecule has 5 heteroatoms. The van der Waals surface area contributed by atoms with Crippen molar-refractivity contribution in [1.82, 2.24) is 9.27 Å². The van der Waals surface area contributed by atoms with E-state index in [1.807, 2.05) is 25.1 Å². The average Bonchev–Trinajstić information content (AvgIpc) is 2.67. The summed E-state index contributed by atoms with van der Waals surface area (Å²) in [5, 5.41) is 3.37. The van der Waals surface area contributed by atoms with Gasteiger partial charge in [0, 0.05) is 6.54 Å². The van der Waals surface area contributed by atoms with E-state index in [0.29, 0.717) is 11.9 Å². The molecule has 1 amide bonds. The van der Waals surface area contributed by atoms with Crippen molar-refractivity contribution in [2.75, 3.05) is 6.54 Å². The fourth-order valence-corrected chi connectivity index (χ4v) is 2.62. The SMILES string of the molecule is CCCCNC(=O)n1sc2ccc(C)cc2c1=O. The minimum atomic E-state index is -0.327. The van der Waals surface area contributed by atoms with Crippen molar-refractivity contribution >= 4 is 27.6 Å².